The Morgan fingerprint density at radius 3 is 2.19 bits per heavy atom. The van der Waals surface area contributed by atoms with Gasteiger partial charge in [0.1, 0.15) is 6.61 Å². The molecule has 0 unspecified atom stereocenters. The van der Waals surface area contributed by atoms with E-state index >= 15 is 0 Å². The van der Waals surface area contributed by atoms with Gasteiger partial charge < -0.3 is 4.74 Å². The normalized spacial score (nSPS) is 12.0. The van der Waals surface area contributed by atoms with E-state index in [-0.39, 0.29) is 29.9 Å². The van der Waals surface area contributed by atoms with E-state index in [0.29, 0.717) is 0 Å². The lowest BCUT2D eigenvalue weighted by molar-refractivity contribution is -0.144. The van der Waals surface area contributed by atoms with Crippen molar-refractivity contribution < 1.29 is 17.9 Å². The zero-order valence-corrected chi connectivity index (χ0v) is 16.2. The molecule has 0 radical (unpaired) electrons. The summed E-state index contributed by atoms with van der Waals surface area (Å²) in [5.41, 5.74) is 1.90. The standard InChI is InChI=1S/C20H25NO4S/c1-20(2,3)17-9-11-18(12-10-17)26(23,24)21-14-13-19(22)25-15-16-7-5-4-6-8-16/h4-12,21H,13-15H2,1-3H3. The summed E-state index contributed by atoms with van der Waals surface area (Å²) in [4.78, 5) is 11.9. The van der Waals surface area contributed by atoms with Gasteiger partial charge >= 0.3 is 5.97 Å². The SMILES string of the molecule is CC(C)(C)c1ccc(S(=O)(=O)NCCC(=O)OCc2ccccc2)cc1. The number of benzene rings is 2. The van der Waals surface area contributed by atoms with E-state index in [0.717, 1.165) is 11.1 Å². The van der Waals surface area contributed by atoms with Crippen molar-refractivity contribution in [1.29, 1.82) is 0 Å². The topological polar surface area (TPSA) is 72.5 Å². The van der Waals surface area contributed by atoms with Gasteiger partial charge in [0.05, 0.1) is 11.3 Å². The molecule has 0 heterocycles. The number of ether oxygens (including phenoxy) is 1. The highest BCUT2D eigenvalue weighted by molar-refractivity contribution is 7.89. The van der Waals surface area contributed by atoms with E-state index in [1.165, 1.54) is 0 Å². The zero-order valence-electron chi connectivity index (χ0n) is 15.4. The van der Waals surface area contributed by atoms with Gasteiger partial charge in [0.25, 0.3) is 0 Å². The van der Waals surface area contributed by atoms with Crippen LogP contribution in [0.5, 0.6) is 0 Å². The Kier molecular flexibility index (Phi) is 6.56. The van der Waals surface area contributed by atoms with E-state index in [9.17, 15) is 13.2 Å². The van der Waals surface area contributed by atoms with Crippen LogP contribution < -0.4 is 4.72 Å². The van der Waals surface area contributed by atoms with E-state index < -0.39 is 16.0 Å². The Hall–Kier alpha value is -2.18. The molecule has 0 aromatic heterocycles. The van der Waals surface area contributed by atoms with Crippen LogP contribution in [0.15, 0.2) is 59.5 Å². The molecular formula is C20H25NO4S. The van der Waals surface area contributed by atoms with Crippen LogP contribution in [0, 0.1) is 0 Å². The second kappa shape index (κ2) is 8.47. The maximum atomic E-state index is 12.3. The Balaban J connectivity index is 1.83. The Labute approximate surface area is 155 Å². The number of nitrogens with one attached hydrogen (secondary N) is 1. The maximum Gasteiger partial charge on any atom is 0.307 e. The van der Waals surface area contributed by atoms with Gasteiger partial charge in [0, 0.05) is 6.54 Å². The largest absolute Gasteiger partial charge is 0.461 e. The smallest absolute Gasteiger partial charge is 0.307 e. The summed E-state index contributed by atoms with van der Waals surface area (Å²) < 4.78 is 32.1. The first-order valence-corrected chi connectivity index (χ1v) is 9.96. The summed E-state index contributed by atoms with van der Waals surface area (Å²) in [5.74, 6) is -0.445. The Bertz CT molecular complexity index is 822. The molecule has 0 aliphatic carbocycles. The van der Waals surface area contributed by atoms with Crippen molar-refractivity contribution in [3.63, 3.8) is 0 Å². The van der Waals surface area contributed by atoms with Gasteiger partial charge in [-0.05, 0) is 28.7 Å². The van der Waals surface area contributed by atoms with Gasteiger partial charge in [-0.25, -0.2) is 13.1 Å². The summed E-state index contributed by atoms with van der Waals surface area (Å²) >= 11 is 0. The number of hydrogen-bond acceptors (Lipinski definition) is 4. The van der Waals surface area contributed by atoms with Crippen molar-refractivity contribution in [2.45, 2.75) is 44.1 Å². The second-order valence-corrected chi connectivity index (χ2v) is 8.84. The van der Waals surface area contributed by atoms with Crippen LogP contribution in [-0.2, 0) is 31.6 Å². The average molecular weight is 375 g/mol. The molecule has 5 nitrogen and oxygen atoms in total. The minimum atomic E-state index is -3.64. The van der Waals surface area contributed by atoms with E-state index in [1.807, 2.05) is 42.5 Å². The molecule has 2 aromatic carbocycles. The summed E-state index contributed by atoms with van der Waals surface area (Å²) in [6, 6.07) is 16.1. The highest BCUT2D eigenvalue weighted by Crippen LogP contribution is 2.23. The molecule has 0 aliphatic rings. The predicted octanol–water partition coefficient (Wildman–Crippen LogP) is 3.40. The zero-order chi connectivity index (χ0) is 19.2. The summed E-state index contributed by atoms with van der Waals surface area (Å²) in [6.45, 7) is 6.37. The number of sulfonamides is 1. The molecule has 140 valence electrons. The van der Waals surface area contributed by atoms with Crippen molar-refractivity contribution in [1.82, 2.24) is 4.72 Å². The second-order valence-electron chi connectivity index (χ2n) is 7.07. The van der Waals surface area contributed by atoms with Crippen LogP contribution in [0.3, 0.4) is 0 Å². The molecule has 1 N–H and O–H groups in total. The van der Waals surface area contributed by atoms with Crippen molar-refractivity contribution in [2.75, 3.05) is 6.54 Å². The molecule has 2 rings (SSSR count). The van der Waals surface area contributed by atoms with Gasteiger partial charge in [-0.15, -0.1) is 0 Å². The minimum Gasteiger partial charge on any atom is -0.461 e. The van der Waals surface area contributed by atoms with Crippen LogP contribution in [0.2, 0.25) is 0 Å². The molecule has 0 bridgehead atoms. The molecule has 26 heavy (non-hydrogen) atoms. The molecule has 0 amide bonds. The van der Waals surface area contributed by atoms with Crippen LogP contribution in [0.1, 0.15) is 38.3 Å². The van der Waals surface area contributed by atoms with Crippen molar-refractivity contribution >= 4 is 16.0 Å². The van der Waals surface area contributed by atoms with Crippen molar-refractivity contribution in [2.24, 2.45) is 0 Å². The fourth-order valence-electron chi connectivity index (χ4n) is 2.32. The molecular weight excluding hydrogens is 350 g/mol. The van der Waals surface area contributed by atoms with Crippen LogP contribution in [0.4, 0.5) is 0 Å². The maximum absolute atomic E-state index is 12.3. The molecule has 2 aromatic rings. The number of carbonyl (C=O) groups is 1. The molecule has 0 atom stereocenters. The number of rotatable bonds is 7. The molecule has 0 saturated carbocycles. The summed E-state index contributed by atoms with van der Waals surface area (Å²) in [5, 5.41) is 0. The number of carbonyl (C=O) groups excluding carboxylic acids is 1. The molecule has 0 aliphatic heterocycles. The van der Waals surface area contributed by atoms with Gasteiger partial charge in [-0.3, -0.25) is 4.79 Å². The molecule has 0 fully saturated rings. The first kappa shape index (κ1) is 20.1. The quantitative estimate of drug-likeness (QED) is 0.753. The Morgan fingerprint density at radius 2 is 1.62 bits per heavy atom. The first-order valence-electron chi connectivity index (χ1n) is 8.48. The number of hydrogen-bond donors (Lipinski definition) is 1. The van der Waals surface area contributed by atoms with Gasteiger partial charge in [-0.1, -0.05) is 63.2 Å². The minimum absolute atomic E-state index is 0.00300. The van der Waals surface area contributed by atoms with Crippen LogP contribution in [-0.4, -0.2) is 20.9 Å². The fraction of sp³-hybridized carbons (Fsp3) is 0.350. The first-order chi connectivity index (χ1) is 12.2. The van der Waals surface area contributed by atoms with Gasteiger partial charge in [-0.2, -0.15) is 0 Å². The third-order valence-corrected chi connectivity index (χ3v) is 5.37. The summed E-state index contributed by atoms with van der Waals surface area (Å²) in [7, 11) is -3.64. The predicted molar refractivity (Wildman–Crippen MR) is 101 cm³/mol. The summed E-state index contributed by atoms with van der Waals surface area (Å²) in [6.07, 6.45) is -0.0217. The number of esters is 1. The third kappa shape index (κ3) is 5.97. The van der Waals surface area contributed by atoms with E-state index in [2.05, 4.69) is 25.5 Å². The monoisotopic (exact) mass is 375 g/mol. The lowest BCUT2D eigenvalue weighted by Gasteiger charge is -2.19. The van der Waals surface area contributed by atoms with Crippen LogP contribution in [0.25, 0.3) is 0 Å². The highest BCUT2D eigenvalue weighted by Gasteiger charge is 2.17. The van der Waals surface area contributed by atoms with Gasteiger partial charge in [0.15, 0.2) is 0 Å². The highest BCUT2D eigenvalue weighted by atomic mass is 32.2. The van der Waals surface area contributed by atoms with Crippen LogP contribution >= 0.6 is 0 Å². The van der Waals surface area contributed by atoms with E-state index in [1.54, 1.807) is 12.1 Å². The van der Waals surface area contributed by atoms with Crippen molar-refractivity contribution in [3.8, 4) is 0 Å². The van der Waals surface area contributed by atoms with Gasteiger partial charge in [0.2, 0.25) is 10.0 Å². The third-order valence-electron chi connectivity index (χ3n) is 3.89. The fourth-order valence-corrected chi connectivity index (χ4v) is 3.35. The molecule has 6 heteroatoms. The molecule has 0 saturated heterocycles. The molecule has 0 spiro atoms. The average Bonchev–Trinajstić information content (AvgIpc) is 2.60. The Morgan fingerprint density at radius 1 is 1.00 bits per heavy atom. The van der Waals surface area contributed by atoms with E-state index in [4.69, 9.17) is 4.74 Å². The lowest BCUT2D eigenvalue weighted by atomic mass is 9.87. The lowest BCUT2D eigenvalue weighted by Crippen LogP contribution is -2.27. The van der Waals surface area contributed by atoms with Crippen molar-refractivity contribution in [3.05, 3.63) is 65.7 Å².